The first-order valence-corrected chi connectivity index (χ1v) is 11.6. The average Bonchev–Trinajstić information content (AvgIpc) is 3.19. The molecule has 0 saturated heterocycles. The summed E-state index contributed by atoms with van der Waals surface area (Å²) in [5, 5.41) is 3.97. The van der Waals surface area contributed by atoms with Gasteiger partial charge < -0.3 is 9.73 Å². The minimum atomic E-state index is -3.92. The molecule has 5 nitrogen and oxygen atoms in total. The van der Waals surface area contributed by atoms with Gasteiger partial charge >= 0.3 is 0 Å². The normalized spacial score (nSPS) is 11.5. The molecule has 0 amide bonds. The van der Waals surface area contributed by atoms with Crippen molar-refractivity contribution in [2.24, 2.45) is 0 Å². The maximum atomic E-state index is 13.3. The third-order valence-electron chi connectivity index (χ3n) is 4.67. The van der Waals surface area contributed by atoms with E-state index < -0.39 is 9.84 Å². The van der Waals surface area contributed by atoms with Gasteiger partial charge in [-0.05, 0) is 55.0 Å². The van der Waals surface area contributed by atoms with Crippen LogP contribution in [0.3, 0.4) is 0 Å². The standard InChI is InChI=1S/C23H18Cl2N2O3S/c1-15-6-12-19(13-7-15)31(28,29)23-22(26-14-17-4-2-3-5-20(17)25)30-21(27-23)16-8-10-18(24)11-9-16/h2-13,26H,14H2,1H3. The van der Waals surface area contributed by atoms with Crippen molar-refractivity contribution < 1.29 is 12.8 Å². The van der Waals surface area contributed by atoms with Gasteiger partial charge in [0.05, 0.1) is 4.90 Å². The van der Waals surface area contributed by atoms with Crippen molar-refractivity contribution in [3.63, 3.8) is 0 Å². The number of hydrogen-bond donors (Lipinski definition) is 1. The zero-order valence-electron chi connectivity index (χ0n) is 16.5. The lowest BCUT2D eigenvalue weighted by molar-refractivity contribution is 0.576. The molecule has 0 saturated carbocycles. The summed E-state index contributed by atoms with van der Waals surface area (Å²) >= 11 is 12.2. The molecular formula is C23H18Cl2N2O3S. The summed E-state index contributed by atoms with van der Waals surface area (Å²) in [6.07, 6.45) is 0. The van der Waals surface area contributed by atoms with Crippen molar-refractivity contribution >= 4 is 38.9 Å². The van der Waals surface area contributed by atoms with Crippen LogP contribution in [0.25, 0.3) is 11.5 Å². The Bertz CT molecular complexity index is 1320. The Morgan fingerprint density at radius 1 is 0.935 bits per heavy atom. The second-order valence-electron chi connectivity index (χ2n) is 6.92. The predicted molar refractivity (Wildman–Crippen MR) is 122 cm³/mol. The molecule has 0 atom stereocenters. The molecular weight excluding hydrogens is 455 g/mol. The Morgan fingerprint density at radius 2 is 1.61 bits per heavy atom. The van der Waals surface area contributed by atoms with Crippen LogP contribution < -0.4 is 5.32 Å². The number of nitrogens with one attached hydrogen (secondary N) is 1. The minimum Gasteiger partial charge on any atom is -0.419 e. The summed E-state index contributed by atoms with van der Waals surface area (Å²) in [6.45, 7) is 2.16. The van der Waals surface area contributed by atoms with E-state index in [9.17, 15) is 8.42 Å². The van der Waals surface area contributed by atoms with Crippen LogP contribution in [-0.2, 0) is 16.4 Å². The number of halogens is 2. The van der Waals surface area contributed by atoms with E-state index in [1.54, 1.807) is 54.6 Å². The second-order valence-corrected chi connectivity index (χ2v) is 9.63. The van der Waals surface area contributed by atoms with E-state index in [-0.39, 0.29) is 28.2 Å². The van der Waals surface area contributed by atoms with Crippen molar-refractivity contribution in [1.82, 2.24) is 4.98 Å². The van der Waals surface area contributed by atoms with E-state index >= 15 is 0 Å². The molecule has 0 bridgehead atoms. The number of sulfone groups is 1. The molecule has 31 heavy (non-hydrogen) atoms. The highest BCUT2D eigenvalue weighted by Gasteiger charge is 2.28. The molecule has 8 heteroatoms. The fourth-order valence-corrected chi connectivity index (χ4v) is 4.57. The number of rotatable bonds is 6. The molecule has 4 aromatic rings. The monoisotopic (exact) mass is 472 g/mol. The molecule has 1 aromatic heterocycles. The van der Waals surface area contributed by atoms with Crippen LogP contribution in [0, 0.1) is 6.92 Å². The first kappa shape index (κ1) is 21.4. The van der Waals surface area contributed by atoms with Crippen molar-refractivity contribution in [3.8, 4) is 11.5 Å². The highest BCUT2D eigenvalue weighted by molar-refractivity contribution is 7.91. The fraction of sp³-hybridized carbons (Fsp3) is 0.0870. The quantitative estimate of drug-likeness (QED) is 0.351. The summed E-state index contributed by atoms with van der Waals surface area (Å²) in [5.74, 6) is 0.217. The summed E-state index contributed by atoms with van der Waals surface area (Å²) in [5.41, 5.74) is 2.36. The smallest absolute Gasteiger partial charge is 0.234 e. The van der Waals surface area contributed by atoms with Gasteiger partial charge in [0.1, 0.15) is 0 Å². The molecule has 0 spiro atoms. The van der Waals surface area contributed by atoms with E-state index in [1.165, 1.54) is 0 Å². The lowest BCUT2D eigenvalue weighted by Crippen LogP contribution is -2.07. The summed E-state index contributed by atoms with van der Waals surface area (Å²) in [7, 11) is -3.92. The molecule has 0 radical (unpaired) electrons. The Kier molecular flexibility index (Phi) is 6.05. The van der Waals surface area contributed by atoms with Gasteiger partial charge in [0.25, 0.3) is 0 Å². The Hall–Kier alpha value is -2.80. The van der Waals surface area contributed by atoms with E-state index in [0.29, 0.717) is 15.6 Å². The van der Waals surface area contributed by atoms with Crippen LogP contribution in [0.2, 0.25) is 10.0 Å². The Labute approximate surface area is 190 Å². The highest BCUT2D eigenvalue weighted by atomic mass is 35.5. The number of nitrogens with zero attached hydrogens (tertiary/aromatic N) is 1. The van der Waals surface area contributed by atoms with Crippen LogP contribution in [0.4, 0.5) is 5.88 Å². The molecule has 4 rings (SSSR count). The van der Waals surface area contributed by atoms with E-state index in [0.717, 1.165) is 11.1 Å². The van der Waals surface area contributed by atoms with Crippen molar-refractivity contribution in [2.75, 3.05) is 5.32 Å². The highest BCUT2D eigenvalue weighted by Crippen LogP contribution is 2.33. The van der Waals surface area contributed by atoms with Gasteiger partial charge in [0, 0.05) is 22.2 Å². The van der Waals surface area contributed by atoms with Gasteiger partial charge in [-0.25, -0.2) is 8.42 Å². The van der Waals surface area contributed by atoms with E-state index in [4.69, 9.17) is 27.6 Å². The predicted octanol–water partition coefficient (Wildman–Crippen LogP) is 6.40. The number of oxazole rings is 1. The Balaban J connectivity index is 1.77. The van der Waals surface area contributed by atoms with Gasteiger partial charge in [0.15, 0.2) is 0 Å². The van der Waals surface area contributed by atoms with Crippen LogP contribution in [0.5, 0.6) is 0 Å². The van der Waals surface area contributed by atoms with Crippen LogP contribution in [-0.4, -0.2) is 13.4 Å². The first-order valence-electron chi connectivity index (χ1n) is 9.40. The number of aryl methyl sites for hydroxylation is 1. The molecule has 0 aliphatic rings. The summed E-state index contributed by atoms with van der Waals surface area (Å²) in [4.78, 5) is 4.46. The molecule has 0 aliphatic carbocycles. The summed E-state index contributed by atoms with van der Waals surface area (Å²) < 4.78 is 32.5. The van der Waals surface area contributed by atoms with Gasteiger partial charge in [-0.1, -0.05) is 59.1 Å². The van der Waals surface area contributed by atoms with Gasteiger partial charge in [-0.15, -0.1) is 0 Å². The van der Waals surface area contributed by atoms with Crippen LogP contribution in [0.1, 0.15) is 11.1 Å². The maximum Gasteiger partial charge on any atom is 0.234 e. The zero-order chi connectivity index (χ0) is 22.0. The molecule has 1 heterocycles. The van der Waals surface area contributed by atoms with Crippen LogP contribution >= 0.6 is 23.2 Å². The topological polar surface area (TPSA) is 72.2 Å². The zero-order valence-corrected chi connectivity index (χ0v) is 18.8. The molecule has 1 N–H and O–H groups in total. The van der Waals surface area contributed by atoms with E-state index in [2.05, 4.69) is 10.3 Å². The molecule has 158 valence electrons. The largest absolute Gasteiger partial charge is 0.419 e. The lowest BCUT2D eigenvalue weighted by Gasteiger charge is -2.07. The molecule has 0 aliphatic heterocycles. The van der Waals surface area contributed by atoms with Crippen molar-refractivity contribution in [2.45, 2.75) is 23.4 Å². The third kappa shape index (κ3) is 4.61. The third-order valence-corrected chi connectivity index (χ3v) is 6.97. The number of aromatic nitrogens is 1. The lowest BCUT2D eigenvalue weighted by atomic mass is 10.2. The molecule has 3 aromatic carbocycles. The van der Waals surface area contributed by atoms with Crippen molar-refractivity contribution in [3.05, 3.63) is 94.0 Å². The van der Waals surface area contributed by atoms with E-state index in [1.807, 2.05) is 25.1 Å². The average molecular weight is 473 g/mol. The molecule has 0 unspecified atom stereocenters. The minimum absolute atomic E-state index is 0.0467. The molecule has 0 fully saturated rings. The SMILES string of the molecule is Cc1ccc(S(=O)(=O)c2nc(-c3ccc(Cl)cc3)oc2NCc2ccccc2Cl)cc1. The van der Waals surface area contributed by atoms with Gasteiger partial charge in [-0.3, -0.25) is 0 Å². The first-order chi connectivity index (χ1) is 14.8. The van der Waals surface area contributed by atoms with Crippen LogP contribution in [0.15, 0.2) is 87.1 Å². The maximum absolute atomic E-state index is 13.3. The van der Waals surface area contributed by atoms with Gasteiger partial charge in [-0.2, -0.15) is 4.98 Å². The van der Waals surface area contributed by atoms with Crippen molar-refractivity contribution in [1.29, 1.82) is 0 Å². The number of hydrogen-bond acceptors (Lipinski definition) is 5. The number of benzene rings is 3. The Morgan fingerprint density at radius 3 is 2.29 bits per heavy atom. The van der Waals surface area contributed by atoms with Gasteiger partial charge in [0.2, 0.25) is 26.6 Å². The number of anilines is 1. The summed E-state index contributed by atoms with van der Waals surface area (Å²) in [6, 6.07) is 20.7. The fourth-order valence-electron chi connectivity index (χ4n) is 2.96. The second kappa shape index (κ2) is 8.75.